The predicted molar refractivity (Wildman–Crippen MR) is 189 cm³/mol. The number of nitrogens with one attached hydrogen (secondary N) is 2. The van der Waals surface area contributed by atoms with Gasteiger partial charge in [0, 0.05) is 6.42 Å². The molecule has 14 heteroatoms. The molecule has 3 unspecified atom stereocenters. The Morgan fingerprint density at radius 3 is 2.37 bits per heavy atom. The van der Waals surface area contributed by atoms with Crippen molar-refractivity contribution in [2.45, 2.75) is 120 Å². The number of rotatable bonds is 5. The van der Waals surface area contributed by atoms with E-state index in [4.69, 9.17) is 19.4 Å². The van der Waals surface area contributed by atoms with Gasteiger partial charge in [0.2, 0.25) is 17.7 Å². The lowest BCUT2D eigenvalue weighted by atomic mass is 10.0. The lowest BCUT2D eigenvalue weighted by molar-refractivity contribution is -0.146. The number of thiophene rings is 1. The zero-order valence-corrected chi connectivity index (χ0v) is 30.0. The molecule has 2 aromatic heterocycles. The summed E-state index contributed by atoms with van der Waals surface area (Å²) in [7, 11) is 0. The second-order valence-corrected chi connectivity index (χ2v) is 15.8. The van der Waals surface area contributed by atoms with Crippen LogP contribution in [0.5, 0.6) is 5.88 Å². The van der Waals surface area contributed by atoms with Crippen LogP contribution < -0.4 is 15.4 Å². The summed E-state index contributed by atoms with van der Waals surface area (Å²) < 4.78 is 26.7. The number of benzene rings is 1. The van der Waals surface area contributed by atoms with E-state index in [1.165, 1.54) is 16.2 Å². The Bertz CT molecular complexity index is 1750. The van der Waals surface area contributed by atoms with E-state index >= 15 is 0 Å². The predicted octanol–water partition coefficient (Wildman–Crippen LogP) is 6.03. The number of hydrogen-bond donors (Lipinski definition) is 3. The van der Waals surface area contributed by atoms with Crippen molar-refractivity contribution >= 4 is 46.2 Å². The summed E-state index contributed by atoms with van der Waals surface area (Å²) in [5.74, 6) is -2.33. The Morgan fingerprint density at radius 1 is 1.02 bits per heavy atom. The van der Waals surface area contributed by atoms with Gasteiger partial charge in [-0.25, -0.2) is 23.9 Å². The van der Waals surface area contributed by atoms with Gasteiger partial charge in [0.1, 0.15) is 41.2 Å². The fourth-order valence-corrected chi connectivity index (χ4v) is 7.85. The lowest BCUT2D eigenvalue weighted by Gasteiger charge is -2.30. The van der Waals surface area contributed by atoms with Crippen LogP contribution in [0.2, 0.25) is 0 Å². The summed E-state index contributed by atoms with van der Waals surface area (Å²) in [6.45, 7) is 5.11. The molecule has 51 heavy (non-hydrogen) atoms. The molecule has 3 aliphatic rings. The number of aromatic nitrogens is 2. The molecule has 3 amide bonds. The Kier molecular flexibility index (Phi) is 10.8. The minimum Gasteiger partial charge on any atom is -0.479 e. The maximum absolute atomic E-state index is 14.8. The van der Waals surface area contributed by atoms with E-state index in [1.54, 1.807) is 20.8 Å². The summed E-state index contributed by atoms with van der Waals surface area (Å²) in [6, 6.07) is 9.04. The van der Waals surface area contributed by atoms with E-state index < -0.39 is 59.4 Å². The molecule has 12 nitrogen and oxygen atoms in total. The molecule has 6 atom stereocenters. The summed E-state index contributed by atoms with van der Waals surface area (Å²) >= 11 is 1.47. The number of carbonyl (C=O) groups excluding carboxylic acids is 3. The number of para-hydroxylation sites is 2. The average Bonchev–Trinajstić information content (AvgIpc) is 3.38. The Hall–Kier alpha value is -4.33. The van der Waals surface area contributed by atoms with Crippen molar-refractivity contribution in [1.82, 2.24) is 25.5 Å². The number of carbonyl (C=O) groups is 4. The van der Waals surface area contributed by atoms with Gasteiger partial charge < -0.3 is 30.1 Å². The van der Waals surface area contributed by atoms with Gasteiger partial charge in [-0.3, -0.25) is 9.59 Å². The standard InChI is InChI=1S/C37H46FN5O7S/c1-36(2,3)50-35(48)41-27-16-7-6-13-23(38)12-5-4-11-22-20-37(22,34(46)47)42-31(44)28-19-24(21-43(28)33(27)45)49-32-30(29-17-10-18-51-29)39-25-14-8-9-15-26(25)40-32/h8-10,14-15,17-18,22-24,27-28H,4-7,11-13,16,19-21H2,1-3H3,(H,41,48)(H,42,44)(H,46,47)/t22?,23?,24-,27+,28+,37?/m1/s1. The number of alkyl halides is 1. The highest BCUT2D eigenvalue weighted by atomic mass is 32.1. The van der Waals surface area contributed by atoms with Crippen molar-refractivity contribution in [3.8, 4) is 16.5 Å². The van der Waals surface area contributed by atoms with Crippen LogP contribution in [0.1, 0.15) is 85.0 Å². The van der Waals surface area contributed by atoms with Crippen molar-refractivity contribution in [2.75, 3.05) is 6.54 Å². The monoisotopic (exact) mass is 723 g/mol. The fourth-order valence-electron chi connectivity index (χ4n) is 7.15. The first-order valence-electron chi connectivity index (χ1n) is 17.8. The highest BCUT2D eigenvalue weighted by molar-refractivity contribution is 7.13. The zero-order valence-electron chi connectivity index (χ0n) is 29.2. The zero-order chi connectivity index (χ0) is 36.3. The van der Waals surface area contributed by atoms with Crippen molar-refractivity contribution in [3.05, 3.63) is 41.8 Å². The molecular formula is C37H46FN5O7S. The molecule has 3 N–H and O–H groups in total. The van der Waals surface area contributed by atoms with Crippen LogP contribution >= 0.6 is 11.3 Å². The molecule has 1 saturated carbocycles. The molecule has 0 radical (unpaired) electrons. The smallest absolute Gasteiger partial charge is 0.408 e. The lowest BCUT2D eigenvalue weighted by Crippen LogP contribution is -2.56. The van der Waals surface area contributed by atoms with Gasteiger partial charge >= 0.3 is 12.1 Å². The highest BCUT2D eigenvalue weighted by Gasteiger charge is 2.62. The van der Waals surface area contributed by atoms with E-state index in [9.17, 15) is 28.7 Å². The number of fused-ring (bicyclic) bond motifs is 3. The molecule has 3 fully saturated rings. The topological polar surface area (TPSA) is 160 Å². The Morgan fingerprint density at radius 2 is 1.71 bits per heavy atom. The summed E-state index contributed by atoms with van der Waals surface area (Å²) in [5, 5.41) is 17.7. The third-order valence-corrected chi connectivity index (χ3v) is 10.7. The van der Waals surface area contributed by atoms with Gasteiger partial charge in [-0.15, -0.1) is 11.3 Å². The van der Waals surface area contributed by atoms with Crippen molar-refractivity contribution in [3.63, 3.8) is 0 Å². The van der Waals surface area contributed by atoms with Crippen LogP contribution in [0.4, 0.5) is 9.18 Å². The first kappa shape index (κ1) is 36.5. The van der Waals surface area contributed by atoms with E-state index in [1.807, 2.05) is 41.8 Å². The SMILES string of the molecule is CC(C)(C)OC(=O)N[C@H]1CCCCC(F)CCCCC2CC2(C(=O)O)NC(=O)[C@@H]2C[C@@H](Oc3nc4ccccc4nc3-c3cccs3)CN2C1=O. The largest absolute Gasteiger partial charge is 0.479 e. The minimum absolute atomic E-state index is 0.0299. The van der Waals surface area contributed by atoms with E-state index in [0.29, 0.717) is 61.7 Å². The van der Waals surface area contributed by atoms with Gasteiger partial charge in [0.25, 0.3) is 0 Å². The first-order chi connectivity index (χ1) is 24.3. The number of carboxylic acid groups (broad SMARTS) is 1. The van der Waals surface area contributed by atoms with Gasteiger partial charge in [-0.1, -0.05) is 43.9 Å². The van der Waals surface area contributed by atoms with Crippen molar-refractivity contribution in [2.24, 2.45) is 5.92 Å². The van der Waals surface area contributed by atoms with Crippen molar-refractivity contribution < 1.29 is 38.1 Å². The average molecular weight is 724 g/mol. The minimum atomic E-state index is -1.46. The molecule has 6 rings (SSSR count). The Labute approximate surface area is 300 Å². The van der Waals surface area contributed by atoms with Crippen LogP contribution in [0, 0.1) is 5.92 Å². The van der Waals surface area contributed by atoms with Crippen LogP contribution in [-0.4, -0.2) is 85.9 Å². The quantitative estimate of drug-likeness (QED) is 0.286. The summed E-state index contributed by atoms with van der Waals surface area (Å²) in [6.07, 6.45) is 1.45. The molecule has 1 aliphatic carbocycles. The number of hydrogen-bond acceptors (Lipinski definition) is 9. The first-order valence-corrected chi connectivity index (χ1v) is 18.7. The number of alkyl carbamates (subject to hydrolysis) is 1. The molecule has 2 aliphatic heterocycles. The van der Waals surface area contributed by atoms with Crippen molar-refractivity contribution in [1.29, 1.82) is 0 Å². The van der Waals surface area contributed by atoms with Gasteiger partial charge in [-0.2, -0.15) is 0 Å². The maximum atomic E-state index is 14.8. The molecule has 0 spiro atoms. The molecule has 4 heterocycles. The van der Waals surface area contributed by atoms with Crippen LogP contribution in [0.25, 0.3) is 21.6 Å². The van der Waals surface area contributed by atoms with Crippen LogP contribution in [0.15, 0.2) is 41.8 Å². The normalized spacial score (nSPS) is 27.8. The third kappa shape index (κ3) is 8.59. The van der Waals surface area contributed by atoms with Crippen LogP contribution in [-0.2, 0) is 19.1 Å². The molecule has 1 aromatic carbocycles. The van der Waals surface area contributed by atoms with E-state index in [-0.39, 0.29) is 37.6 Å². The number of carboxylic acids is 1. The number of nitrogens with zero attached hydrogens (tertiary/aromatic N) is 3. The van der Waals surface area contributed by atoms with Gasteiger partial charge in [-0.05, 0) is 82.4 Å². The molecular weight excluding hydrogens is 678 g/mol. The molecule has 2 saturated heterocycles. The molecule has 3 aromatic rings. The maximum Gasteiger partial charge on any atom is 0.408 e. The summed E-state index contributed by atoms with van der Waals surface area (Å²) in [4.78, 5) is 65.8. The van der Waals surface area contributed by atoms with E-state index in [0.717, 1.165) is 4.88 Å². The van der Waals surface area contributed by atoms with E-state index in [2.05, 4.69) is 10.6 Å². The number of ether oxygens (including phenoxy) is 2. The van der Waals surface area contributed by atoms with Gasteiger partial charge in [0.15, 0.2) is 0 Å². The number of halogens is 1. The number of amides is 3. The number of aliphatic carboxylic acids is 1. The fraction of sp³-hybridized carbons (Fsp3) is 0.568. The summed E-state index contributed by atoms with van der Waals surface area (Å²) in [5.41, 5.74) is -0.466. The van der Waals surface area contributed by atoms with Crippen LogP contribution in [0.3, 0.4) is 0 Å². The second kappa shape index (κ2) is 15.1. The second-order valence-electron chi connectivity index (χ2n) is 14.9. The Balaban J connectivity index is 1.32. The molecule has 274 valence electrons. The van der Waals surface area contributed by atoms with Gasteiger partial charge in [0.05, 0.1) is 22.5 Å². The highest BCUT2D eigenvalue weighted by Crippen LogP contribution is 2.47. The third-order valence-electron chi connectivity index (χ3n) is 9.82. The molecule has 0 bridgehead atoms.